The number of urea groups is 1. The molecule has 124 valence electrons. The van der Waals surface area contributed by atoms with Crippen molar-refractivity contribution in [2.75, 3.05) is 5.32 Å². The van der Waals surface area contributed by atoms with Gasteiger partial charge in [-0.15, -0.1) is 0 Å². The van der Waals surface area contributed by atoms with Crippen LogP contribution in [0.1, 0.15) is 5.69 Å². The summed E-state index contributed by atoms with van der Waals surface area (Å²) in [5, 5.41) is 6.57. The van der Waals surface area contributed by atoms with Crippen LogP contribution in [0.3, 0.4) is 0 Å². The molecule has 0 bridgehead atoms. The van der Waals surface area contributed by atoms with Gasteiger partial charge in [0.05, 0.1) is 17.6 Å². The van der Waals surface area contributed by atoms with Crippen molar-refractivity contribution in [1.29, 1.82) is 0 Å². The van der Waals surface area contributed by atoms with Crippen LogP contribution in [0.15, 0.2) is 84.1 Å². The molecule has 1 heterocycles. The first-order valence-electron chi connectivity index (χ1n) is 7.64. The molecule has 0 saturated heterocycles. The number of benzene rings is 2. The predicted molar refractivity (Wildman–Crippen MR) is 96.9 cm³/mol. The molecule has 0 aliphatic carbocycles. The second-order valence-electron chi connectivity index (χ2n) is 4.99. The van der Waals surface area contributed by atoms with Crippen molar-refractivity contribution in [2.45, 2.75) is 0 Å². The van der Waals surface area contributed by atoms with E-state index in [2.05, 4.69) is 20.8 Å². The number of pyridine rings is 1. The lowest BCUT2D eigenvalue weighted by molar-refractivity contribution is 0.252. The topological polar surface area (TPSA) is 75.6 Å². The Morgan fingerprint density at radius 3 is 2.52 bits per heavy atom. The maximum atomic E-state index is 12.0. The average Bonchev–Trinajstić information content (AvgIpc) is 2.65. The zero-order valence-corrected chi connectivity index (χ0v) is 13.3. The van der Waals surface area contributed by atoms with Gasteiger partial charge in [0.15, 0.2) is 5.75 Å². The molecule has 25 heavy (non-hydrogen) atoms. The standard InChI is InChI=1S/C19H16N4O2/c24-19(23-21-14-15-8-6-7-13-20-15)22-17-11-4-5-12-18(17)25-16-9-2-1-3-10-16/h1-14H,(H2,22,23,24)/b21-14+. The van der Waals surface area contributed by atoms with Crippen LogP contribution < -0.4 is 15.5 Å². The fourth-order valence-corrected chi connectivity index (χ4v) is 2.03. The molecular formula is C19H16N4O2. The fraction of sp³-hybridized carbons (Fsp3) is 0. The van der Waals surface area contributed by atoms with Crippen LogP contribution >= 0.6 is 0 Å². The molecule has 6 heteroatoms. The number of ether oxygens (including phenoxy) is 1. The Morgan fingerprint density at radius 2 is 1.72 bits per heavy atom. The molecule has 1 aromatic heterocycles. The summed E-state index contributed by atoms with van der Waals surface area (Å²) >= 11 is 0. The Labute approximate surface area is 145 Å². The zero-order valence-electron chi connectivity index (χ0n) is 13.3. The minimum absolute atomic E-state index is 0.476. The van der Waals surface area contributed by atoms with E-state index in [0.717, 1.165) is 0 Å². The van der Waals surface area contributed by atoms with Gasteiger partial charge in [-0.1, -0.05) is 36.4 Å². The number of nitrogens with zero attached hydrogens (tertiary/aromatic N) is 2. The van der Waals surface area contributed by atoms with Gasteiger partial charge in [-0.05, 0) is 36.4 Å². The third kappa shape index (κ3) is 4.90. The van der Waals surface area contributed by atoms with Crippen LogP contribution in [-0.2, 0) is 0 Å². The average molecular weight is 332 g/mol. The Hall–Kier alpha value is -3.67. The molecule has 0 fully saturated rings. The quantitative estimate of drug-likeness (QED) is 0.547. The number of nitrogens with one attached hydrogen (secondary N) is 2. The summed E-state index contributed by atoms with van der Waals surface area (Å²) in [7, 11) is 0. The molecular weight excluding hydrogens is 316 g/mol. The van der Waals surface area contributed by atoms with Gasteiger partial charge in [0.2, 0.25) is 0 Å². The van der Waals surface area contributed by atoms with E-state index in [1.165, 1.54) is 6.21 Å². The summed E-state index contributed by atoms with van der Waals surface area (Å²) in [5.41, 5.74) is 3.58. The van der Waals surface area contributed by atoms with E-state index < -0.39 is 6.03 Å². The Morgan fingerprint density at radius 1 is 0.960 bits per heavy atom. The van der Waals surface area contributed by atoms with E-state index in [9.17, 15) is 4.79 Å². The van der Waals surface area contributed by atoms with Crippen molar-refractivity contribution in [3.8, 4) is 11.5 Å². The maximum absolute atomic E-state index is 12.0. The lowest BCUT2D eigenvalue weighted by Gasteiger charge is -2.11. The summed E-state index contributed by atoms with van der Waals surface area (Å²) < 4.78 is 5.79. The van der Waals surface area contributed by atoms with E-state index in [0.29, 0.717) is 22.9 Å². The number of anilines is 1. The molecule has 0 aliphatic heterocycles. The monoisotopic (exact) mass is 332 g/mol. The molecule has 0 unspecified atom stereocenters. The zero-order chi connectivity index (χ0) is 17.3. The molecule has 2 aromatic carbocycles. The second kappa shape index (κ2) is 8.26. The Kier molecular flexibility index (Phi) is 5.35. The van der Waals surface area contributed by atoms with Crippen LogP contribution in [0.4, 0.5) is 10.5 Å². The van der Waals surface area contributed by atoms with Crippen molar-refractivity contribution in [3.63, 3.8) is 0 Å². The highest BCUT2D eigenvalue weighted by Crippen LogP contribution is 2.28. The van der Waals surface area contributed by atoms with Crippen molar-refractivity contribution < 1.29 is 9.53 Å². The lowest BCUT2D eigenvalue weighted by Crippen LogP contribution is -2.24. The van der Waals surface area contributed by atoms with E-state index >= 15 is 0 Å². The fourth-order valence-electron chi connectivity index (χ4n) is 2.03. The number of carbonyl (C=O) groups excluding carboxylic acids is 1. The van der Waals surface area contributed by atoms with Gasteiger partial charge in [0, 0.05) is 6.20 Å². The molecule has 2 N–H and O–H groups in total. The van der Waals surface area contributed by atoms with Crippen LogP contribution in [0, 0.1) is 0 Å². The molecule has 3 aromatic rings. The summed E-state index contributed by atoms with van der Waals surface area (Å²) in [4.78, 5) is 16.1. The number of hydrogen-bond acceptors (Lipinski definition) is 4. The molecule has 0 radical (unpaired) electrons. The summed E-state index contributed by atoms with van der Waals surface area (Å²) in [5.74, 6) is 1.22. The number of amides is 2. The SMILES string of the molecule is O=C(N/N=C/c1ccccn1)Nc1ccccc1Oc1ccccc1. The number of carbonyl (C=O) groups is 1. The molecule has 0 atom stereocenters. The van der Waals surface area contributed by atoms with Crippen molar-refractivity contribution in [1.82, 2.24) is 10.4 Å². The number of para-hydroxylation sites is 3. The minimum Gasteiger partial charge on any atom is -0.455 e. The third-order valence-corrected chi connectivity index (χ3v) is 3.16. The summed E-state index contributed by atoms with van der Waals surface area (Å²) in [6.45, 7) is 0. The van der Waals surface area contributed by atoms with E-state index in [1.807, 2.05) is 48.5 Å². The minimum atomic E-state index is -0.476. The highest BCUT2D eigenvalue weighted by Gasteiger charge is 2.07. The second-order valence-corrected chi connectivity index (χ2v) is 4.99. The van der Waals surface area contributed by atoms with E-state index in [4.69, 9.17) is 4.74 Å². The van der Waals surface area contributed by atoms with E-state index in [1.54, 1.807) is 30.5 Å². The maximum Gasteiger partial charge on any atom is 0.339 e. The van der Waals surface area contributed by atoms with Crippen molar-refractivity contribution in [3.05, 3.63) is 84.7 Å². The van der Waals surface area contributed by atoms with Crippen LogP contribution in [0.2, 0.25) is 0 Å². The van der Waals surface area contributed by atoms with Crippen LogP contribution in [0.5, 0.6) is 11.5 Å². The van der Waals surface area contributed by atoms with Crippen molar-refractivity contribution in [2.24, 2.45) is 5.10 Å². The first-order chi connectivity index (χ1) is 12.3. The smallest absolute Gasteiger partial charge is 0.339 e. The highest BCUT2D eigenvalue weighted by atomic mass is 16.5. The van der Waals surface area contributed by atoms with Gasteiger partial charge in [0.1, 0.15) is 5.75 Å². The Balaban J connectivity index is 1.62. The summed E-state index contributed by atoms with van der Waals surface area (Å²) in [6.07, 6.45) is 3.12. The van der Waals surface area contributed by atoms with Gasteiger partial charge in [-0.2, -0.15) is 5.10 Å². The number of aromatic nitrogens is 1. The van der Waals surface area contributed by atoms with Crippen LogP contribution in [0.25, 0.3) is 0 Å². The number of rotatable bonds is 5. The van der Waals surface area contributed by atoms with Gasteiger partial charge >= 0.3 is 6.03 Å². The lowest BCUT2D eigenvalue weighted by atomic mass is 10.3. The highest BCUT2D eigenvalue weighted by molar-refractivity contribution is 5.91. The molecule has 6 nitrogen and oxygen atoms in total. The Bertz CT molecular complexity index is 852. The molecule has 0 aliphatic rings. The predicted octanol–water partition coefficient (Wildman–Crippen LogP) is 4.03. The van der Waals surface area contributed by atoms with E-state index in [-0.39, 0.29) is 0 Å². The van der Waals surface area contributed by atoms with Crippen LogP contribution in [-0.4, -0.2) is 17.2 Å². The molecule has 3 rings (SSSR count). The number of hydrazone groups is 1. The first kappa shape index (κ1) is 16.2. The van der Waals surface area contributed by atoms with Gasteiger partial charge in [-0.3, -0.25) is 4.98 Å². The van der Waals surface area contributed by atoms with Gasteiger partial charge < -0.3 is 10.1 Å². The van der Waals surface area contributed by atoms with Crippen molar-refractivity contribution >= 4 is 17.9 Å². The molecule has 0 saturated carbocycles. The molecule has 0 spiro atoms. The van der Waals surface area contributed by atoms with Gasteiger partial charge in [0.25, 0.3) is 0 Å². The summed E-state index contributed by atoms with van der Waals surface area (Å²) in [6, 6.07) is 21.5. The normalized spacial score (nSPS) is 10.4. The first-order valence-corrected chi connectivity index (χ1v) is 7.64. The largest absolute Gasteiger partial charge is 0.455 e. The molecule has 2 amide bonds. The number of hydrogen-bond donors (Lipinski definition) is 2. The third-order valence-electron chi connectivity index (χ3n) is 3.16. The van der Waals surface area contributed by atoms with Gasteiger partial charge in [-0.25, -0.2) is 10.2 Å².